The lowest BCUT2D eigenvalue weighted by molar-refractivity contribution is 0.277. The predicted molar refractivity (Wildman–Crippen MR) is 234 cm³/mol. The molecular weight excluding hydrogens is 647 g/mol. The lowest BCUT2D eigenvalue weighted by Crippen LogP contribution is -2.34. The Morgan fingerprint density at radius 2 is 0.660 bits per heavy atom. The van der Waals surface area contributed by atoms with Crippen molar-refractivity contribution >= 4 is 34.4 Å². The molecule has 3 saturated heterocycles. The van der Waals surface area contributed by atoms with Crippen LogP contribution in [0.15, 0.2) is 0 Å². The van der Waals surface area contributed by atoms with Gasteiger partial charge in [-0.25, -0.2) is 0 Å². The van der Waals surface area contributed by atoms with E-state index in [0.717, 1.165) is 12.8 Å². The Morgan fingerprint density at radius 1 is 0.340 bits per heavy atom. The van der Waals surface area contributed by atoms with Crippen molar-refractivity contribution in [3.05, 3.63) is 0 Å². The first-order valence-electron chi connectivity index (χ1n) is 22.9. The third-order valence-electron chi connectivity index (χ3n) is 11.2. The zero-order valence-electron chi connectivity index (χ0n) is 34.4. The minimum Gasteiger partial charge on any atom is -0.366 e. The van der Waals surface area contributed by atoms with E-state index in [9.17, 15) is 0 Å². The van der Waals surface area contributed by atoms with Crippen molar-refractivity contribution in [2.75, 3.05) is 45.8 Å². The molecule has 0 aliphatic carbocycles. The second-order valence-electron chi connectivity index (χ2n) is 16.0. The fraction of sp³-hybridized carbons (Fsp3) is 0.956. The van der Waals surface area contributed by atoms with Gasteiger partial charge in [0, 0.05) is 26.2 Å². The van der Waals surface area contributed by atoms with Crippen LogP contribution in [0, 0.1) is 0 Å². The molecule has 5 heteroatoms. The van der Waals surface area contributed by atoms with Crippen LogP contribution in [-0.2, 0) is 0 Å². The molecule has 3 aliphatic rings. The number of nitrogens with zero attached hydrogens (tertiary/aromatic N) is 3. The molecule has 0 spiro atoms. The van der Waals surface area contributed by atoms with E-state index >= 15 is 0 Å². The smallest absolute Gasteiger partial charge is 0.0779 e. The van der Waals surface area contributed by atoms with Crippen molar-refractivity contribution < 1.29 is 0 Å². The molecule has 0 bridgehead atoms. The summed E-state index contributed by atoms with van der Waals surface area (Å²) in [5.74, 6) is 0. The highest BCUT2D eigenvalue weighted by atomic mass is 32.1. The molecule has 3 nitrogen and oxygen atoms in total. The van der Waals surface area contributed by atoms with Gasteiger partial charge in [0.1, 0.15) is 0 Å². The summed E-state index contributed by atoms with van der Waals surface area (Å²) in [4.78, 5) is 10.00. The third-order valence-corrected chi connectivity index (χ3v) is 12.1. The maximum absolute atomic E-state index is 5.51. The van der Waals surface area contributed by atoms with Gasteiger partial charge in [0.2, 0.25) is 0 Å². The first kappa shape index (κ1) is 47.8. The van der Waals surface area contributed by atoms with Crippen LogP contribution in [0.1, 0.15) is 233 Å². The van der Waals surface area contributed by atoms with Crippen molar-refractivity contribution in [1.29, 1.82) is 0 Å². The van der Waals surface area contributed by atoms with Crippen molar-refractivity contribution in [3.8, 4) is 0 Å². The van der Waals surface area contributed by atoms with E-state index in [4.69, 9.17) is 24.4 Å². The highest BCUT2D eigenvalue weighted by molar-refractivity contribution is 7.80. The fourth-order valence-electron chi connectivity index (χ4n) is 7.69. The van der Waals surface area contributed by atoms with Gasteiger partial charge in [0.25, 0.3) is 0 Å². The lowest BCUT2D eigenvalue weighted by atomic mass is 10.1. The monoisotopic (exact) mass is 736 g/mol. The van der Waals surface area contributed by atoms with E-state index in [1.54, 1.807) is 0 Å². The van der Waals surface area contributed by atoms with E-state index in [2.05, 4.69) is 35.5 Å². The molecule has 3 rings (SSSR count). The first-order valence-corrected chi connectivity index (χ1v) is 23.7. The van der Waals surface area contributed by atoms with Crippen LogP contribution in [0.25, 0.3) is 0 Å². The Bertz CT molecular complexity index is 736. The summed E-state index contributed by atoms with van der Waals surface area (Å²) < 4.78 is 0. The summed E-state index contributed by atoms with van der Waals surface area (Å²) in [6.07, 6.45) is 46.1. The summed E-state index contributed by atoms with van der Waals surface area (Å²) in [7, 11) is 0. The van der Waals surface area contributed by atoms with Crippen LogP contribution >= 0.6 is 24.4 Å². The van der Waals surface area contributed by atoms with E-state index < -0.39 is 0 Å². The van der Waals surface area contributed by atoms with Crippen molar-refractivity contribution in [1.82, 2.24) is 14.7 Å². The normalized spacial score (nSPS) is 17.4. The van der Waals surface area contributed by atoms with Crippen LogP contribution in [0.4, 0.5) is 0 Å². The molecule has 296 valence electrons. The van der Waals surface area contributed by atoms with Gasteiger partial charge in [-0.2, -0.15) is 0 Å². The molecule has 0 unspecified atom stereocenters. The Hall–Kier alpha value is -0.260. The second-order valence-corrected chi connectivity index (χ2v) is 16.9. The molecule has 50 heavy (non-hydrogen) atoms. The van der Waals surface area contributed by atoms with E-state index in [0.29, 0.717) is 0 Å². The molecule has 3 aliphatic heterocycles. The van der Waals surface area contributed by atoms with Gasteiger partial charge in [-0.3, -0.25) is 0 Å². The summed E-state index contributed by atoms with van der Waals surface area (Å²) >= 11 is 10.8. The highest BCUT2D eigenvalue weighted by Crippen LogP contribution is 2.16. The van der Waals surface area contributed by atoms with Gasteiger partial charge in [-0.1, -0.05) is 186 Å². The minimum absolute atomic E-state index is 1.15. The maximum Gasteiger partial charge on any atom is 0.0779 e. The predicted octanol–water partition coefficient (Wildman–Crippen LogP) is 14.5. The molecule has 3 heterocycles. The molecule has 3 fully saturated rings. The number of unbranched alkanes of at least 4 members (excludes halogenated alkanes) is 19. The van der Waals surface area contributed by atoms with Crippen LogP contribution in [0.5, 0.6) is 0 Å². The average Bonchev–Trinajstić information content (AvgIpc) is 3.52. The maximum atomic E-state index is 5.51. The van der Waals surface area contributed by atoms with Gasteiger partial charge in [-0.05, 0) is 90.3 Å². The fourth-order valence-corrected chi connectivity index (χ4v) is 8.35. The summed E-state index contributed by atoms with van der Waals surface area (Å²) in [5.41, 5.74) is 0. The molecule has 0 atom stereocenters. The van der Waals surface area contributed by atoms with Crippen molar-refractivity contribution in [2.24, 2.45) is 0 Å². The molecule has 0 aromatic heterocycles. The summed E-state index contributed by atoms with van der Waals surface area (Å²) in [6, 6.07) is 0. The van der Waals surface area contributed by atoms with Crippen LogP contribution in [-0.4, -0.2) is 70.5 Å². The number of likely N-dealkylation sites (tertiary alicyclic amines) is 3. The number of rotatable bonds is 25. The largest absolute Gasteiger partial charge is 0.366 e. The number of piperidine rings is 1. The molecule has 0 N–H and O–H groups in total. The molecule has 0 aromatic carbocycles. The number of hydrogen-bond donors (Lipinski definition) is 0. The Morgan fingerprint density at radius 3 is 1.12 bits per heavy atom. The van der Waals surface area contributed by atoms with E-state index in [-0.39, 0.29) is 0 Å². The Balaban J connectivity index is 0.000000390. The standard InChI is InChI=1S/C18H35NS.C18H37N.C9H17NS/c1-2-3-4-5-6-7-8-9-10-13-16-19-17-14-11-12-15-18(19)20;1-2-3-4-5-6-7-8-9-10-13-16-19-17-14-11-12-15-18-19;1-2-3-7-10-8-5-4-6-9(10)11/h2-17H2,1H3;2-18H2,1H3;2-8H2,1H3. The number of hydrogen-bond acceptors (Lipinski definition) is 3. The average molecular weight is 736 g/mol. The molecule has 0 aromatic rings. The quantitative estimate of drug-likeness (QED) is 0.0680. The molecule has 0 amide bonds. The van der Waals surface area contributed by atoms with Crippen LogP contribution in [0.2, 0.25) is 0 Å². The van der Waals surface area contributed by atoms with Gasteiger partial charge in [0.05, 0.1) is 9.98 Å². The lowest BCUT2D eigenvalue weighted by Gasteiger charge is -2.29. The topological polar surface area (TPSA) is 9.72 Å². The van der Waals surface area contributed by atoms with Gasteiger partial charge < -0.3 is 14.7 Å². The van der Waals surface area contributed by atoms with Crippen molar-refractivity contribution in [2.45, 2.75) is 233 Å². The highest BCUT2D eigenvalue weighted by Gasteiger charge is 2.14. The summed E-state index contributed by atoms with van der Waals surface area (Å²) in [5, 5.41) is 0. The summed E-state index contributed by atoms with van der Waals surface area (Å²) in [6.45, 7) is 15.8. The van der Waals surface area contributed by atoms with Gasteiger partial charge in [0.15, 0.2) is 0 Å². The van der Waals surface area contributed by atoms with E-state index in [1.807, 2.05) is 0 Å². The Kier molecular flexibility index (Phi) is 35.4. The van der Waals surface area contributed by atoms with Gasteiger partial charge in [-0.15, -0.1) is 0 Å². The van der Waals surface area contributed by atoms with Crippen molar-refractivity contribution in [3.63, 3.8) is 0 Å². The second kappa shape index (κ2) is 37.1. The van der Waals surface area contributed by atoms with E-state index in [1.165, 1.54) is 255 Å². The molecule has 0 radical (unpaired) electrons. The zero-order valence-corrected chi connectivity index (χ0v) is 36.1. The van der Waals surface area contributed by atoms with Crippen LogP contribution in [0.3, 0.4) is 0 Å². The first-order chi connectivity index (χ1) is 24.6. The van der Waals surface area contributed by atoms with Crippen LogP contribution < -0.4 is 0 Å². The van der Waals surface area contributed by atoms with Gasteiger partial charge >= 0.3 is 0 Å². The molecular formula is C45H89N3S2. The SMILES string of the molecule is CCCCCCCCCCCCN1CCCCCC1.CCCCCCCCCCCCN1CCCCCC1=S.CCCCN1CCCCC1=S. The molecule has 0 saturated carbocycles. The zero-order chi connectivity index (χ0) is 36.2. The minimum atomic E-state index is 1.15. The number of thiocarbonyl (C=S) groups is 2. The Labute approximate surface area is 326 Å². The third kappa shape index (κ3) is 29.2.